The van der Waals surface area contributed by atoms with E-state index in [4.69, 9.17) is 20.8 Å². The molecule has 0 fully saturated rings. The maximum absolute atomic E-state index is 13.3. The van der Waals surface area contributed by atoms with Crippen LogP contribution in [0.5, 0.6) is 5.75 Å². The summed E-state index contributed by atoms with van der Waals surface area (Å²) in [5, 5.41) is 0.614. The van der Waals surface area contributed by atoms with Crippen LogP contribution in [0.4, 0.5) is 0 Å². The second-order valence-corrected chi connectivity index (χ2v) is 11.5. The van der Waals surface area contributed by atoms with Crippen LogP contribution in [0.25, 0.3) is 0 Å². The number of ether oxygens (including phenoxy) is 1. The summed E-state index contributed by atoms with van der Waals surface area (Å²) in [7, 11) is -0.340. The molecule has 140 valence electrons. The number of halogens is 1. The van der Waals surface area contributed by atoms with E-state index >= 15 is 0 Å². The Bertz CT molecular complexity index is 701. The first-order valence-electron chi connectivity index (χ1n) is 9.10. The zero-order valence-corrected chi connectivity index (χ0v) is 17.7. The van der Waals surface area contributed by atoms with Crippen molar-refractivity contribution >= 4 is 25.7 Å². The van der Waals surface area contributed by atoms with E-state index in [-0.39, 0.29) is 5.78 Å². The SMILES string of the molecule is CC[Si](CC)(CC)OC(C(=O)c1ccc(Cl)cc1)c1ccc(OC)cc1. The van der Waals surface area contributed by atoms with Crippen molar-refractivity contribution in [1.82, 2.24) is 0 Å². The molecule has 1 atom stereocenters. The molecular weight excluding hydrogens is 364 g/mol. The monoisotopic (exact) mass is 390 g/mol. The van der Waals surface area contributed by atoms with Crippen molar-refractivity contribution in [2.24, 2.45) is 0 Å². The van der Waals surface area contributed by atoms with E-state index in [9.17, 15) is 4.79 Å². The van der Waals surface area contributed by atoms with E-state index in [0.717, 1.165) is 29.4 Å². The van der Waals surface area contributed by atoms with Crippen molar-refractivity contribution in [2.45, 2.75) is 45.0 Å². The van der Waals surface area contributed by atoms with Crippen molar-refractivity contribution in [1.29, 1.82) is 0 Å². The van der Waals surface area contributed by atoms with Gasteiger partial charge >= 0.3 is 0 Å². The van der Waals surface area contributed by atoms with Gasteiger partial charge < -0.3 is 9.16 Å². The lowest BCUT2D eigenvalue weighted by atomic mass is 10.00. The molecule has 0 aliphatic rings. The molecule has 0 saturated carbocycles. The first-order valence-corrected chi connectivity index (χ1v) is 12.0. The fourth-order valence-electron chi connectivity index (χ4n) is 3.07. The van der Waals surface area contributed by atoms with Gasteiger partial charge in [0.1, 0.15) is 11.9 Å². The van der Waals surface area contributed by atoms with Crippen LogP contribution < -0.4 is 4.74 Å². The Balaban J connectivity index is 2.42. The highest BCUT2D eigenvalue weighted by Crippen LogP contribution is 2.33. The van der Waals surface area contributed by atoms with Crippen molar-refractivity contribution < 1.29 is 14.0 Å². The average Bonchev–Trinajstić information content (AvgIpc) is 2.70. The van der Waals surface area contributed by atoms with E-state index in [0.29, 0.717) is 10.6 Å². The second-order valence-electron chi connectivity index (χ2n) is 6.39. The molecule has 0 saturated heterocycles. The summed E-state index contributed by atoms with van der Waals surface area (Å²) in [6.07, 6.45) is -0.603. The van der Waals surface area contributed by atoms with E-state index < -0.39 is 14.4 Å². The summed E-state index contributed by atoms with van der Waals surface area (Å²) < 4.78 is 11.8. The van der Waals surface area contributed by atoms with Crippen LogP contribution in [-0.2, 0) is 4.43 Å². The number of carbonyl (C=O) groups excluding carboxylic acids is 1. The van der Waals surface area contributed by atoms with Crippen LogP contribution in [0.15, 0.2) is 48.5 Å². The lowest BCUT2D eigenvalue weighted by Crippen LogP contribution is -2.39. The van der Waals surface area contributed by atoms with Crippen molar-refractivity contribution in [2.75, 3.05) is 7.11 Å². The number of ketones is 1. The van der Waals surface area contributed by atoms with Crippen LogP contribution in [-0.4, -0.2) is 21.2 Å². The molecule has 2 aromatic carbocycles. The van der Waals surface area contributed by atoms with Gasteiger partial charge in [0.15, 0.2) is 14.1 Å². The first-order chi connectivity index (χ1) is 12.5. The predicted octanol–water partition coefficient (Wildman–Crippen LogP) is 6.29. The number of hydrogen-bond acceptors (Lipinski definition) is 3. The summed E-state index contributed by atoms with van der Waals surface area (Å²) in [6, 6.07) is 17.5. The minimum absolute atomic E-state index is 0.0286. The topological polar surface area (TPSA) is 35.5 Å². The number of benzene rings is 2. The molecule has 5 heteroatoms. The lowest BCUT2D eigenvalue weighted by molar-refractivity contribution is 0.0772. The van der Waals surface area contributed by atoms with Crippen molar-refractivity contribution in [3.63, 3.8) is 0 Å². The maximum Gasteiger partial charge on any atom is 0.194 e. The molecule has 0 heterocycles. The molecule has 0 spiro atoms. The summed E-state index contributed by atoms with van der Waals surface area (Å²) in [5.41, 5.74) is 1.47. The average molecular weight is 391 g/mol. The molecule has 0 N–H and O–H groups in total. The smallest absolute Gasteiger partial charge is 0.194 e. The summed E-state index contributed by atoms with van der Waals surface area (Å²) in [5.74, 6) is 0.732. The highest BCUT2D eigenvalue weighted by atomic mass is 35.5. The Hall–Kier alpha value is -1.62. The molecule has 0 aliphatic heterocycles. The Kier molecular flexibility index (Phi) is 7.44. The fourth-order valence-corrected chi connectivity index (χ4v) is 5.94. The molecule has 0 aromatic heterocycles. The molecule has 26 heavy (non-hydrogen) atoms. The van der Waals surface area contributed by atoms with Crippen molar-refractivity contribution in [3.8, 4) is 5.75 Å². The van der Waals surface area contributed by atoms with Crippen LogP contribution in [0, 0.1) is 0 Å². The van der Waals surface area contributed by atoms with Crippen LogP contribution >= 0.6 is 11.6 Å². The van der Waals surface area contributed by atoms with Gasteiger partial charge in [-0.25, -0.2) is 0 Å². The van der Waals surface area contributed by atoms with Gasteiger partial charge in [0.25, 0.3) is 0 Å². The van der Waals surface area contributed by atoms with Gasteiger partial charge in [0.05, 0.1) is 7.11 Å². The Morgan fingerprint density at radius 2 is 1.50 bits per heavy atom. The Morgan fingerprint density at radius 3 is 1.96 bits per heavy atom. The molecule has 0 bridgehead atoms. The highest BCUT2D eigenvalue weighted by Gasteiger charge is 2.35. The molecule has 0 amide bonds. The fraction of sp³-hybridized carbons (Fsp3) is 0.381. The molecule has 1 unspecified atom stereocenters. The molecule has 2 rings (SSSR count). The van der Waals surface area contributed by atoms with Gasteiger partial charge in [-0.05, 0) is 60.1 Å². The van der Waals surface area contributed by atoms with Gasteiger partial charge in [0.2, 0.25) is 0 Å². The molecule has 0 aliphatic carbocycles. The number of Topliss-reactive ketones (excluding diaryl/α,β-unsaturated/α-hetero) is 1. The third-order valence-corrected chi connectivity index (χ3v) is 9.94. The number of hydrogen-bond donors (Lipinski definition) is 0. The van der Waals surface area contributed by atoms with E-state index in [1.807, 2.05) is 24.3 Å². The maximum atomic E-state index is 13.3. The molecule has 3 nitrogen and oxygen atoms in total. The normalized spacial score (nSPS) is 12.7. The highest BCUT2D eigenvalue weighted by molar-refractivity contribution is 6.73. The zero-order chi connectivity index (χ0) is 19.2. The van der Waals surface area contributed by atoms with Crippen molar-refractivity contribution in [3.05, 3.63) is 64.7 Å². The number of methoxy groups -OCH3 is 1. The minimum atomic E-state index is -1.97. The third-order valence-electron chi connectivity index (χ3n) is 5.09. The zero-order valence-electron chi connectivity index (χ0n) is 15.9. The van der Waals surface area contributed by atoms with Gasteiger partial charge in [-0.15, -0.1) is 0 Å². The minimum Gasteiger partial charge on any atom is -0.497 e. The Labute approximate surface area is 162 Å². The van der Waals surface area contributed by atoms with E-state index in [1.54, 1.807) is 31.4 Å². The number of rotatable bonds is 9. The van der Waals surface area contributed by atoms with E-state index in [1.165, 1.54) is 0 Å². The van der Waals surface area contributed by atoms with E-state index in [2.05, 4.69) is 20.8 Å². The largest absolute Gasteiger partial charge is 0.497 e. The summed E-state index contributed by atoms with van der Waals surface area (Å²) in [6.45, 7) is 6.49. The second kappa shape index (κ2) is 9.35. The molecule has 0 radical (unpaired) electrons. The lowest BCUT2D eigenvalue weighted by Gasteiger charge is -2.33. The standard InChI is InChI=1S/C21H27ClO3Si/c1-5-26(6-2,7-3)25-21(17-10-14-19(24-4)15-11-17)20(23)16-8-12-18(22)13-9-16/h8-15,21H,5-7H2,1-4H3. The summed E-state index contributed by atoms with van der Waals surface area (Å²) >= 11 is 5.97. The molecular formula is C21H27ClO3Si. The van der Waals surface area contributed by atoms with Crippen LogP contribution in [0.1, 0.15) is 42.8 Å². The Morgan fingerprint density at radius 1 is 0.962 bits per heavy atom. The van der Waals surface area contributed by atoms with Gasteiger partial charge in [0, 0.05) is 10.6 Å². The van der Waals surface area contributed by atoms with Gasteiger partial charge in [-0.2, -0.15) is 0 Å². The van der Waals surface area contributed by atoms with Gasteiger partial charge in [-0.1, -0.05) is 44.5 Å². The van der Waals surface area contributed by atoms with Gasteiger partial charge in [-0.3, -0.25) is 4.79 Å². The van der Waals surface area contributed by atoms with Crippen LogP contribution in [0.2, 0.25) is 23.2 Å². The third kappa shape index (κ3) is 4.75. The first kappa shape index (κ1) is 20.7. The predicted molar refractivity (Wildman–Crippen MR) is 110 cm³/mol. The quantitative estimate of drug-likeness (QED) is 0.372. The number of carbonyl (C=O) groups is 1. The summed E-state index contributed by atoms with van der Waals surface area (Å²) in [4.78, 5) is 13.3. The molecule has 2 aromatic rings. The van der Waals surface area contributed by atoms with Crippen LogP contribution in [0.3, 0.4) is 0 Å².